The molecule has 5 rings (SSSR count). The van der Waals surface area contributed by atoms with E-state index in [1.807, 2.05) is 12.1 Å². The fourth-order valence-corrected chi connectivity index (χ4v) is 4.07. The SMILES string of the molecule is COc1ccnc(-c2cccc(CNCC[C@H]3CN(c4ccc5c(n4)NC(=O)CO5)C(=O)O3)c2O)c1. The summed E-state index contributed by atoms with van der Waals surface area (Å²) in [7, 11) is 1.58. The Hall–Kier alpha value is -4.38. The van der Waals surface area contributed by atoms with Crippen molar-refractivity contribution in [1.29, 1.82) is 0 Å². The lowest BCUT2D eigenvalue weighted by Gasteiger charge is -2.19. The first kappa shape index (κ1) is 23.4. The zero-order valence-corrected chi connectivity index (χ0v) is 19.6. The Morgan fingerprint density at radius 3 is 3.00 bits per heavy atom. The zero-order valence-electron chi connectivity index (χ0n) is 19.6. The molecule has 3 N–H and O–H groups in total. The Bertz CT molecular complexity index is 1300. The van der Waals surface area contributed by atoms with E-state index in [9.17, 15) is 14.7 Å². The van der Waals surface area contributed by atoms with E-state index in [1.54, 1.807) is 43.6 Å². The molecule has 2 amide bonds. The van der Waals surface area contributed by atoms with E-state index in [0.29, 0.717) is 54.6 Å². The molecule has 186 valence electrons. The maximum Gasteiger partial charge on any atom is 0.415 e. The third-order valence-electron chi connectivity index (χ3n) is 5.93. The minimum atomic E-state index is -0.494. The van der Waals surface area contributed by atoms with Gasteiger partial charge in [0.25, 0.3) is 5.91 Å². The number of fused-ring (bicyclic) bond motifs is 1. The van der Waals surface area contributed by atoms with Crippen LogP contribution in [0.3, 0.4) is 0 Å². The minimum Gasteiger partial charge on any atom is -0.507 e. The third kappa shape index (κ3) is 4.86. The molecule has 11 heteroatoms. The lowest BCUT2D eigenvalue weighted by molar-refractivity contribution is -0.118. The number of aromatic hydroxyl groups is 1. The average molecular weight is 492 g/mol. The van der Waals surface area contributed by atoms with Gasteiger partial charge in [0.05, 0.1) is 19.3 Å². The van der Waals surface area contributed by atoms with Gasteiger partial charge < -0.3 is 30.0 Å². The summed E-state index contributed by atoms with van der Waals surface area (Å²) >= 11 is 0. The smallest absolute Gasteiger partial charge is 0.415 e. The van der Waals surface area contributed by atoms with Crippen molar-refractivity contribution >= 4 is 23.6 Å². The van der Waals surface area contributed by atoms with Crippen molar-refractivity contribution in [2.45, 2.75) is 19.1 Å². The molecule has 1 fully saturated rings. The summed E-state index contributed by atoms with van der Waals surface area (Å²) in [6.07, 6.45) is 1.39. The number of aromatic nitrogens is 2. The Morgan fingerprint density at radius 1 is 1.25 bits per heavy atom. The third-order valence-corrected chi connectivity index (χ3v) is 5.93. The first-order valence-electron chi connectivity index (χ1n) is 11.5. The number of amides is 2. The van der Waals surface area contributed by atoms with Gasteiger partial charge in [-0.25, -0.2) is 9.78 Å². The summed E-state index contributed by atoms with van der Waals surface area (Å²) in [4.78, 5) is 34.1. The Balaban J connectivity index is 1.16. The molecule has 4 heterocycles. The average Bonchev–Trinajstić information content (AvgIpc) is 3.27. The molecular weight excluding hydrogens is 466 g/mol. The van der Waals surface area contributed by atoms with Gasteiger partial charge in [0.1, 0.15) is 23.4 Å². The number of hydrogen-bond acceptors (Lipinski definition) is 9. The van der Waals surface area contributed by atoms with Crippen molar-refractivity contribution in [2.75, 3.05) is 37.0 Å². The summed E-state index contributed by atoms with van der Waals surface area (Å²) in [5, 5.41) is 16.7. The van der Waals surface area contributed by atoms with Crippen LogP contribution in [0.2, 0.25) is 0 Å². The summed E-state index contributed by atoms with van der Waals surface area (Å²) in [6.45, 7) is 1.27. The van der Waals surface area contributed by atoms with E-state index >= 15 is 0 Å². The van der Waals surface area contributed by atoms with Gasteiger partial charge in [-0.15, -0.1) is 0 Å². The molecule has 0 aliphatic carbocycles. The van der Waals surface area contributed by atoms with E-state index < -0.39 is 6.09 Å². The van der Waals surface area contributed by atoms with Gasteiger partial charge in [-0.05, 0) is 37.2 Å². The molecule has 11 nitrogen and oxygen atoms in total. The van der Waals surface area contributed by atoms with Crippen LogP contribution >= 0.6 is 0 Å². The summed E-state index contributed by atoms with van der Waals surface area (Å²) in [5.74, 6) is 1.64. The van der Waals surface area contributed by atoms with Crippen molar-refractivity contribution in [3.63, 3.8) is 0 Å². The fourth-order valence-electron chi connectivity index (χ4n) is 4.07. The van der Waals surface area contributed by atoms with Gasteiger partial charge in [0, 0.05) is 29.9 Å². The van der Waals surface area contributed by atoms with Crippen LogP contribution in [0.4, 0.5) is 16.4 Å². The predicted octanol–water partition coefficient (Wildman–Crippen LogP) is 2.69. The van der Waals surface area contributed by atoms with Gasteiger partial charge in [-0.2, -0.15) is 0 Å². The highest BCUT2D eigenvalue weighted by molar-refractivity contribution is 5.95. The lowest BCUT2D eigenvalue weighted by Crippen LogP contribution is -2.29. The fraction of sp³-hybridized carbons (Fsp3) is 0.280. The van der Waals surface area contributed by atoms with Crippen LogP contribution in [0.5, 0.6) is 17.2 Å². The minimum absolute atomic E-state index is 0.0607. The number of hydrogen-bond donors (Lipinski definition) is 3. The highest BCUT2D eigenvalue weighted by Gasteiger charge is 2.33. The van der Waals surface area contributed by atoms with E-state index in [1.165, 1.54) is 4.90 Å². The van der Waals surface area contributed by atoms with Gasteiger partial charge in [0.2, 0.25) is 0 Å². The van der Waals surface area contributed by atoms with Crippen LogP contribution in [0, 0.1) is 0 Å². The number of cyclic esters (lactones) is 1. The van der Waals surface area contributed by atoms with Crippen molar-refractivity contribution in [3.8, 4) is 28.5 Å². The Kier molecular flexibility index (Phi) is 6.54. The second-order valence-corrected chi connectivity index (χ2v) is 8.33. The number of phenols is 1. The monoisotopic (exact) mass is 491 g/mol. The van der Waals surface area contributed by atoms with E-state index in [4.69, 9.17) is 14.2 Å². The first-order valence-corrected chi connectivity index (χ1v) is 11.5. The number of rotatable bonds is 8. The molecule has 3 aromatic rings. The van der Waals surface area contributed by atoms with Crippen molar-refractivity contribution < 1.29 is 28.9 Å². The highest BCUT2D eigenvalue weighted by atomic mass is 16.6. The second kappa shape index (κ2) is 10.1. The summed E-state index contributed by atoms with van der Waals surface area (Å²) < 4.78 is 16.0. The Labute approximate surface area is 207 Å². The number of phenolic OH excluding ortho intramolecular Hbond substituents is 1. The normalized spacial score (nSPS) is 16.7. The van der Waals surface area contributed by atoms with Gasteiger partial charge in [-0.3, -0.25) is 14.7 Å². The maximum atomic E-state index is 12.4. The van der Waals surface area contributed by atoms with Crippen LogP contribution in [0.1, 0.15) is 12.0 Å². The summed E-state index contributed by atoms with van der Waals surface area (Å²) in [5.41, 5.74) is 1.96. The zero-order chi connectivity index (χ0) is 25.1. The molecular formula is C25H25N5O6. The standard InChI is InChI=1S/C25H25N5O6/c1-34-16-8-10-27-19(11-16)18-4-2-3-15(23(18)32)12-26-9-7-17-13-30(25(33)36-17)21-6-5-20-24(28-21)29-22(31)14-35-20/h2-6,8,10-11,17,26,32H,7,9,12-14H2,1H3,(H,28,29,31)/t17-/m0/s1. The molecule has 2 aliphatic heterocycles. The second-order valence-electron chi connectivity index (χ2n) is 8.33. The summed E-state index contributed by atoms with van der Waals surface area (Å²) in [6, 6.07) is 12.4. The number of carbonyl (C=O) groups excluding carboxylic acids is 2. The van der Waals surface area contributed by atoms with E-state index in [-0.39, 0.29) is 30.2 Å². The molecule has 2 aliphatic rings. The van der Waals surface area contributed by atoms with Crippen LogP contribution in [-0.2, 0) is 16.1 Å². The number of para-hydroxylation sites is 1. The number of carbonyl (C=O) groups is 2. The molecule has 0 unspecified atom stereocenters. The number of benzene rings is 1. The van der Waals surface area contributed by atoms with Gasteiger partial charge in [-0.1, -0.05) is 12.1 Å². The quantitative estimate of drug-likeness (QED) is 0.407. The number of ether oxygens (including phenoxy) is 3. The number of pyridine rings is 2. The van der Waals surface area contributed by atoms with Crippen LogP contribution in [0.25, 0.3) is 11.3 Å². The molecule has 36 heavy (non-hydrogen) atoms. The Morgan fingerprint density at radius 2 is 2.14 bits per heavy atom. The topological polar surface area (TPSA) is 135 Å². The predicted molar refractivity (Wildman–Crippen MR) is 130 cm³/mol. The maximum absolute atomic E-state index is 12.4. The molecule has 0 bridgehead atoms. The molecule has 1 saturated heterocycles. The van der Waals surface area contributed by atoms with Crippen LogP contribution in [0.15, 0.2) is 48.7 Å². The molecule has 0 radical (unpaired) electrons. The number of nitrogens with one attached hydrogen (secondary N) is 2. The first-order chi connectivity index (χ1) is 17.5. The number of nitrogens with zero attached hydrogens (tertiary/aromatic N) is 3. The lowest BCUT2D eigenvalue weighted by atomic mass is 10.0. The van der Waals surface area contributed by atoms with Crippen LogP contribution in [-0.4, -0.2) is 60.0 Å². The van der Waals surface area contributed by atoms with Crippen molar-refractivity contribution in [2.24, 2.45) is 0 Å². The molecule has 1 aromatic carbocycles. The van der Waals surface area contributed by atoms with Gasteiger partial charge >= 0.3 is 6.09 Å². The van der Waals surface area contributed by atoms with E-state index in [0.717, 1.165) is 5.56 Å². The number of anilines is 2. The van der Waals surface area contributed by atoms with Crippen molar-refractivity contribution in [3.05, 3.63) is 54.2 Å². The molecule has 0 spiro atoms. The van der Waals surface area contributed by atoms with E-state index in [2.05, 4.69) is 20.6 Å². The van der Waals surface area contributed by atoms with Crippen LogP contribution < -0.4 is 25.0 Å². The molecule has 1 atom stereocenters. The number of methoxy groups -OCH3 is 1. The molecule has 0 saturated carbocycles. The largest absolute Gasteiger partial charge is 0.507 e. The highest BCUT2D eigenvalue weighted by Crippen LogP contribution is 2.33. The van der Waals surface area contributed by atoms with Gasteiger partial charge in [0.15, 0.2) is 18.2 Å². The van der Waals surface area contributed by atoms with Crippen molar-refractivity contribution in [1.82, 2.24) is 15.3 Å². The molecule has 2 aromatic heterocycles.